The second kappa shape index (κ2) is 6.72. The number of hydrogen-bond acceptors (Lipinski definition) is 2. The largest absolute Gasteiger partial charge is 0.359 e. The van der Waals surface area contributed by atoms with E-state index in [0.717, 1.165) is 21.8 Å². The average molecular weight is 383 g/mol. The Morgan fingerprint density at radius 2 is 1.10 bits per heavy atom. The molecule has 142 valence electrons. The van der Waals surface area contributed by atoms with E-state index in [4.69, 9.17) is 0 Å². The van der Waals surface area contributed by atoms with E-state index in [1.54, 1.807) is 12.1 Å². The quantitative estimate of drug-likeness (QED) is 0.316. The van der Waals surface area contributed by atoms with Crippen molar-refractivity contribution in [1.82, 2.24) is 15.0 Å². The molecule has 2 aromatic carbocycles. The van der Waals surface area contributed by atoms with Crippen LogP contribution in [0.25, 0.3) is 21.8 Å². The Morgan fingerprint density at radius 3 is 1.59 bits per heavy atom. The Hall–Kier alpha value is -4.26. The molecule has 5 N–H and O–H groups in total. The number of anilines is 2. The lowest BCUT2D eigenvalue weighted by molar-refractivity contribution is 0.102. The van der Waals surface area contributed by atoms with Crippen LogP contribution in [0.3, 0.4) is 0 Å². The molecule has 0 fully saturated rings. The summed E-state index contributed by atoms with van der Waals surface area (Å²) in [5, 5.41) is 7.76. The van der Waals surface area contributed by atoms with Crippen molar-refractivity contribution in [2.75, 3.05) is 10.6 Å². The summed E-state index contributed by atoms with van der Waals surface area (Å²) >= 11 is 0. The van der Waals surface area contributed by atoms with E-state index in [1.807, 2.05) is 60.9 Å². The number of carbonyl (C=O) groups excluding carboxylic acids is 2. The second-order valence-corrected chi connectivity index (χ2v) is 6.69. The van der Waals surface area contributed by atoms with Crippen molar-refractivity contribution in [3.63, 3.8) is 0 Å². The minimum absolute atomic E-state index is 0.303. The van der Waals surface area contributed by atoms with Crippen LogP contribution in [0.15, 0.2) is 73.1 Å². The van der Waals surface area contributed by atoms with Gasteiger partial charge in [-0.05, 0) is 36.4 Å². The first-order valence-electron chi connectivity index (χ1n) is 9.13. The number of aromatic amines is 3. The summed E-state index contributed by atoms with van der Waals surface area (Å²) in [4.78, 5) is 34.4. The molecule has 0 aliphatic carbocycles. The first-order chi connectivity index (χ1) is 14.2. The van der Waals surface area contributed by atoms with Gasteiger partial charge >= 0.3 is 0 Å². The summed E-state index contributed by atoms with van der Waals surface area (Å²) in [6, 6.07) is 18.4. The predicted molar refractivity (Wildman–Crippen MR) is 113 cm³/mol. The first-order valence-corrected chi connectivity index (χ1v) is 9.13. The van der Waals surface area contributed by atoms with E-state index < -0.39 is 0 Å². The van der Waals surface area contributed by atoms with Crippen LogP contribution in [-0.4, -0.2) is 26.8 Å². The van der Waals surface area contributed by atoms with Crippen LogP contribution in [0.5, 0.6) is 0 Å². The van der Waals surface area contributed by atoms with Gasteiger partial charge in [-0.25, -0.2) is 0 Å². The van der Waals surface area contributed by atoms with Gasteiger partial charge in [-0.2, -0.15) is 0 Å². The number of aromatic nitrogens is 3. The molecule has 0 aliphatic rings. The fraction of sp³-hybridized carbons (Fsp3) is 0. The highest BCUT2D eigenvalue weighted by Crippen LogP contribution is 2.23. The maximum atomic E-state index is 12.6. The third-order valence-electron chi connectivity index (χ3n) is 4.85. The molecule has 0 radical (unpaired) electrons. The normalized spacial score (nSPS) is 11.0. The summed E-state index contributed by atoms with van der Waals surface area (Å²) in [5.74, 6) is -0.643. The van der Waals surface area contributed by atoms with Crippen LogP contribution in [0, 0.1) is 0 Å². The third kappa shape index (κ3) is 3.04. The number of nitrogens with one attached hydrogen (secondary N) is 5. The maximum Gasteiger partial charge on any atom is 0.272 e. The number of H-pyrrole nitrogens is 3. The van der Waals surface area contributed by atoms with Gasteiger partial charge in [0.15, 0.2) is 0 Å². The lowest BCUT2D eigenvalue weighted by Gasteiger charge is -2.06. The Bertz CT molecular complexity index is 1260. The summed E-state index contributed by atoms with van der Waals surface area (Å²) < 4.78 is 0. The molecule has 7 heteroatoms. The molecule has 3 aromatic heterocycles. The molecule has 3 heterocycles. The van der Waals surface area contributed by atoms with Gasteiger partial charge in [-0.3, -0.25) is 9.59 Å². The minimum Gasteiger partial charge on any atom is -0.359 e. The zero-order valence-electron chi connectivity index (χ0n) is 15.2. The molecular formula is C22H17N5O2. The van der Waals surface area contributed by atoms with Crippen molar-refractivity contribution in [3.8, 4) is 0 Å². The van der Waals surface area contributed by atoms with Crippen LogP contribution < -0.4 is 10.6 Å². The standard InChI is InChI=1S/C22H17N5O2/c28-21(26-15-5-1-3-13-9-11-23-19(13)15)17-7-8-18(25-17)22(29)27-16-6-2-4-14-10-12-24-20(14)16/h1-12,23-25H,(H,26,28)(H,27,29). The van der Waals surface area contributed by atoms with Gasteiger partial charge in [0.05, 0.1) is 22.4 Å². The smallest absolute Gasteiger partial charge is 0.272 e. The first kappa shape index (κ1) is 16.9. The lowest BCUT2D eigenvalue weighted by atomic mass is 10.2. The van der Waals surface area contributed by atoms with Gasteiger partial charge in [0, 0.05) is 23.2 Å². The van der Waals surface area contributed by atoms with Gasteiger partial charge in [0.2, 0.25) is 0 Å². The van der Waals surface area contributed by atoms with E-state index in [0.29, 0.717) is 22.8 Å². The zero-order valence-corrected chi connectivity index (χ0v) is 15.2. The highest BCUT2D eigenvalue weighted by molar-refractivity contribution is 6.10. The Morgan fingerprint density at radius 1 is 0.621 bits per heavy atom. The molecular weight excluding hydrogens is 366 g/mol. The summed E-state index contributed by atoms with van der Waals surface area (Å²) in [6.07, 6.45) is 3.64. The summed E-state index contributed by atoms with van der Waals surface area (Å²) in [7, 11) is 0. The summed E-state index contributed by atoms with van der Waals surface area (Å²) in [6.45, 7) is 0. The van der Waals surface area contributed by atoms with Gasteiger partial charge in [0.1, 0.15) is 11.4 Å². The molecule has 0 atom stereocenters. The number of fused-ring (bicyclic) bond motifs is 2. The monoisotopic (exact) mass is 383 g/mol. The minimum atomic E-state index is -0.322. The molecule has 0 saturated heterocycles. The zero-order chi connectivity index (χ0) is 19.8. The topological polar surface area (TPSA) is 106 Å². The number of para-hydroxylation sites is 2. The molecule has 0 spiro atoms. The Kier molecular flexibility index (Phi) is 3.91. The molecule has 0 bridgehead atoms. The van der Waals surface area contributed by atoms with Gasteiger partial charge in [-0.15, -0.1) is 0 Å². The van der Waals surface area contributed by atoms with Crippen LogP contribution in [-0.2, 0) is 0 Å². The molecule has 0 unspecified atom stereocenters. The van der Waals surface area contributed by atoms with Crippen LogP contribution in [0.2, 0.25) is 0 Å². The van der Waals surface area contributed by atoms with Gasteiger partial charge in [0.25, 0.3) is 11.8 Å². The number of hydrogen-bond donors (Lipinski definition) is 5. The van der Waals surface area contributed by atoms with Crippen molar-refractivity contribution in [3.05, 3.63) is 84.4 Å². The lowest BCUT2D eigenvalue weighted by Crippen LogP contribution is -2.15. The van der Waals surface area contributed by atoms with E-state index in [-0.39, 0.29) is 11.8 Å². The fourth-order valence-corrected chi connectivity index (χ4v) is 3.42. The number of amides is 2. The van der Waals surface area contributed by atoms with Crippen molar-refractivity contribution in [2.24, 2.45) is 0 Å². The third-order valence-corrected chi connectivity index (χ3v) is 4.85. The van der Waals surface area contributed by atoms with Crippen LogP contribution in [0.1, 0.15) is 21.0 Å². The maximum absolute atomic E-state index is 12.6. The molecule has 5 aromatic rings. The van der Waals surface area contributed by atoms with Crippen LogP contribution >= 0.6 is 0 Å². The molecule has 5 rings (SSSR count). The van der Waals surface area contributed by atoms with Crippen molar-refractivity contribution in [2.45, 2.75) is 0 Å². The van der Waals surface area contributed by atoms with Crippen molar-refractivity contribution >= 4 is 45.0 Å². The number of carbonyl (C=O) groups is 2. The highest BCUT2D eigenvalue weighted by atomic mass is 16.2. The summed E-state index contributed by atoms with van der Waals surface area (Å²) in [5.41, 5.74) is 3.66. The Labute approximate surface area is 165 Å². The van der Waals surface area contributed by atoms with E-state index in [1.165, 1.54) is 0 Å². The molecule has 2 amide bonds. The van der Waals surface area contributed by atoms with Crippen LogP contribution in [0.4, 0.5) is 11.4 Å². The van der Waals surface area contributed by atoms with E-state index in [2.05, 4.69) is 25.6 Å². The number of rotatable bonds is 4. The molecule has 0 aliphatic heterocycles. The van der Waals surface area contributed by atoms with Crippen molar-refractivity contribution < 1.29 is 9.59 Å². The molecule has 0 saturated carbocycles. The average Bonchev–Trinajstić information content (AvgIpc) is 3.47. The fourth-order valence-electron chi connectivity index (χ4n) is 3.42. The molecule has 7 nitrogen and oxygen atoms in total. The van der Waals surface area contributed by atoms with Gasteiger partial charge in [-0.1, -0.05) is 24.3 Å². The molecule has 29 heavy (non-hydrogen) atoms. The predicted octanol–water partition coefficient (Wildman–Crippen LogP) is 4.48. The van der Waals surface area contributed by atoms with Crippen molar-refractivity contribution in [1.29, 1.82) is 0 Å². The van der Waals surface area contributed by atoms with E-state index in [9.17, 15) is 9.59 Å². The Balaban J connectivity index is 1.34. The van der Waals surface area contributed by atoms with Gasteiger partial charge < -0.3 is 25.6 Å². The second-order valence-electron chi connectivity index (χ2n) is 6.69. The number of benzene rings is 2. The van der Waals surface area contributed by atoms with E-state index >= 15 is 0 Å². The highest BCUT2D eigenvalue weighted by Gasteiger charge is 2.15. The SMILES string of the molecule is O=C(Nc1cccc2cc[nH]c12)c1ccc(C(=O)Nc2cccc3cc[nH]c23)[nH]1.